The van der Waals surface area contributed by atoms with Gasteiger partial charge in [-0.15, -0.1) is 0 Å². The van der Waals surface area contributed by atoms with Crippen LogP contribution in [-0.4, -0.2) is 31.7 Å². The summed E-state index contributed by atoms with van der Waals surface area (Å²) in [5.74, 6) is 0.923. The first-order chi connectivity index (χ1) is 10.8. The van der Waals surface area contributed by atoms with E-state index in [0.29, 0.717) is 12.5 Å². The van der Waals surface area contributed by atoms with E-state index in [1.165, 1.54) is 19.3 Å². The maximum absolute atomic E-state index is 10.6. The monoisotopic (exact) mass is 332 g/mol. The molecule has 0 fully saturated rings. The van der Waals surface area contributed by atoms with Crippen LogP contribution in [0.15, 0.2) is 0 Å². The Morgan fingerprint density at radius 1 is 1.04 bits per heavy atom. The summed E-state index contributed by atoms with van der Waals surface area (Å²) in [6.45, 7) is 17.3. The SMILES string of the molecule is CC(C)CCOC(C)C.CCCCN.CCCCNC(=O)CC. The van der Waals surface area contributed by atoms with Gasteiger partial charge in [-0.2, -0.15) is 0 Å². The molecule has 0 rings (SSSR count). The van der Waals surface area contributed by atoms with E-state index >= 15 is 0 Å². The lowest BCUT2D eigenvalue weighted by molar-refractivity contribution is -0.120. The van der Waals surface area contributed by atoms with Crippen LogP contribution in [0.25, 0.3) is 0 Å². The van der Waals surface area contributed by atoms with Crippen LogP contribution in [0.5, 0.6) is 0 Å². The maximum Gasteiger partial charge on any atom is 0.219 e. The minimum absolute atomic E-state index is 0.156. The lowest BCUT2D eigenvalue weighted by atomic mass is 10.1. The van der Waals surface area contributed by atoms with Crippen molar-refractivity contribution < 1.29 is 9.53 Å². The first kappa shape index (κ1) is 27.2. The van der Waals surface area contributed by atoms with E-state index < -0.39 is 0 Å². The van der Waals surface area contributed by atoms with Crippen molar-refractivity contribution in [1.82, 2.24) is 5.32 Å². The van der Waals surface area contributed by atoms with E-state index in [1.807, 2.05) is 6.92 Å². The predicted octanol–water partition coefficient (Wildman–Crippen LogP) is 4.52. The molecule has 1 amide bonds. The molecule has 0 bridgehead atoms. The van der Waals surface area contributed by atoms with Crippen LogP contribution in [0.3, 0.4) is 0 Å². The van der Waals surface area contributed by atoms with Crippen LogP contribution in [0.1, 0.15) is 87.0 Å². The van der Waals surface area contributed by atoms with Crippen molar-refractivity contribution in [2.75, 3.05) is 19.7 Å². The molecule has 0 aromatic rings. The summed E-state index contributed by atoms with van der Waals surface area (Å²) < 4.78 is 5.35. The lowest BCUT2D eigenvalue weighted by Crippen LogP contribution is -2.22. The van der Waals surface area contributed by atoms with Crippen molar-refractivity contribution in [3.05, 3.63) is 0 Å². The molecule has 142 valence electrons. The summed E-state index contributed by atoms with van der Waals surface area (Å²) in [7, 11) is 0. The number of hydrogen-bond acceptors (Lipinski definition) is 3. The maximum atomic E-state index is 10.6. The van der Waals surface area contributed by atoms with Crippen molar-refractivity contribution >= 4 is 5.91 Å². The molecule has 0 aliphatic carbocycles. The van der Waals surface area contributed by atoms with Gasteiger partial charge in [0.2, 0.25) is 5.91 Å². The van der Waals surface area contributed by atoms with Gasteiger partial charge >= 0.3 is 0 Å². The molecular formula is C19H44N2O2. The number of amides is 1. The van der Waals surface area contributed by atoms with E-state index in [0.717, 1.165) is 38.5 Å². The highest BCUT2D eigenvalue weighted by molar-refractivity contribution is 5.75. The van der Waals surface area contributed by atoms with Gasteiger partial charge in [0.25, 0.3) is 0 Å². The smallest absolute Gasteiger partial charge is 0.219 e. The minimum Gasteiger partial charge on any atom is -0.379 e. The molecule has 0 unspecified atom stereocenters. The van der Waals surface area contributed by atoms with Gasteiger partial charge in [0.15, 0.2) is 0 Å². The fraction of sp³-hybridized carbons (Fsp3) is 0.947. The number of carbonyl (C=O) groups excluding carboxylic acids is 1. The van der Waals surface area contributed by atoms with Crippen molar-refractivity contribution in [3.8, 4) is 0 Å². The van der Waals surface area contributed by atoms with Gasteiger partial charge in [-0.25, -0.2) is 0 Å². The summed E-state index contributed by atoms with van der Waals surface area (Å²) in [6.07, 6.45) is 6.79. The predicted molar refractivity (Wildman–Crippen MR) is 103 cm³/mol. The number of unbranched alkanes of at least 4 members (excludes halogenated alkanes) is 2. The molecule has 4 heteroatoms. The second-order valence-corrected chi connectivity index (χ2v) is 6.30. The van der Waals surface area contributed by atoms with Gasteiger partial charge in [0.1, 0.15) is 0 Å². The summed E-state index contributed by atoms with van der Waals surface area (Å²) in [5.41, 5.74) is 5.14. The highest BCUT2D eigenvalue weighted by Crippen LogP contribution is 2.00. The average molecular weight is 333 g/mol. The van der Waals surface area contributed by atoms with E-state index in [9.17, 15) is 4.79 Å². The average Bonchev–Trinajstić information content (AvgIpc) is 2.48. The quantitative estimate of drug-likeness (QED) is 0.578. The Labute approximate surface area is 145 Å². The lowest BCUT2D eigenvalue weighted by Gasteiger charge is -2.08. The third-order valence-corrected chi connectivity index (χ3v) is 2.88. The molecule has 4 nitrogen and oxygen atoms in total. The van der Waals surface area contributed by atoms with Crippen molar-refractivity contribution in [1.29, 1.82) is 0 Å². The molecule has 23 heavy (non-hydrogen) atoms. The normalized spacial score (nSPS) is 9.83. The van der Waals surface area contributed by atoms with Crippen LogP contribution < -0.4 is 11.1 Å². The Morgan fingerprint density at radius 2 is 1.61 bits per heavy atom. The summed E-state index contributed by atoms with van der Waals surface area (Å²) in [5, 5.41) is 2.79. The molecule has 0 aliphatic heterocycles. The summed E-state index contributed by atoms with van der Waals surface area (Å²) >= 11 is 0. The van der Waals surface area contributed by atoms with E-state index in [-0.39, 0.29) is 5.91 Å². The molecular weight excluding hydrogens is 288 g/mol. The highest BCUT2D eigenvalue weighted by atomic mass is 16.5. The second-order valence-electron chi connectivity index (χ2n) is 6.30. The van der Waals surface area contributed by atoms with Crippen LogP contribution >= 0.6 is 0 Å². The van der Waals surface area contributed by atoms with Gasteiger partial charge in [-0.05, 0) is 45.6 Å². The number of hydrogen-bond donors (Lipinski definition) is 2. The molecule has 0 aliphatic rings. The number of carbonyl (C=O) groups is 1. The van der Waals surface area contributed by atoms with Gasteiger partial charge in [-0.1, -0.05) is 47.5 Å². The molecule has 0 saturated heterocycles. The zero-order valence-corrected chi connectivity index (χ0v) is 16.9. The highest BCUT2D eigenvalue weighted by Gasteiger charge is 1.95. The van der Waals surface area contributed by atoms with Crippen molar-refractivity contribution in [2.24, 2.45) is 11.7 Å². The minimum atomic E-state index is 0.156. The van der Waals surface area contributed by atoms with E-state index in [2.05, 4.69) is 46.9 Å². The van der Waals surface area contributed by atoms with Gasteiger partial charge in [0, 0.05) is 19.6 Å². The second kappa shape index (κ2) is 23.7. The van der Waals surface area contributed by atoms with Gasteiger partial charge < -0.3 is 15.8 Å². The van der Waals surface area contributed by atoms with E-state index in [4.69, 9.17) is 10.5 Å². The topological polar surface area (TPSA) is 64.3 Å². The molecule has 0 radical (unpaired) electrons. The number of nitrogens with two attached hydrogens (primary N) is 1. The van der Waals surface area contributed by atoms with E-state index in [1.54, 1.807) is 0 Å². The number of rotatable bonds is 10. The zero-order chi connectivity index (χ0) is 18.5. The standard InChI is InChI=1S/C8H18O.C7H15NO.C4H11N/c1-7(2)5-6-9-8(3)4;1-3-5-6-8-7(9)4-2;1-2-3-4-5/h7-8H,5-6H2,1-4H3;3-6H2,1-2H3,(H,8,9);2-5H2,1H3. The zero-order valence-electron chi connectivity index (χ0n) is 16.9. The molecule has 0 spiro atoms. The molecule has 3 N–H and O–H groups in total. The molecule has 0 aromatic heterocycles. The Hall–Kier alpha value is -0.610. The van der Waals surface area contributed by atoms with Gasteiger partial charge in [-0.3, -0.25) is 4.79 Å². The van der Waals surface area contributed by atoms with Crippen molar-refractivity contribution in [3.63, 3.8) is 0 Å². The Morgan fingerprint density at radius 3 is 1.91 bits per heavy atom. The third kappa shape index (κ3) is 38.8. The van der Waals surface area contributed by atoms with Crippen molar-refractivity contribution in [2.45, 2.75) is 93.1 Å². The fourth-order valence-corrected chi connectivity index (χ4v) is 1.27. The third-order valence-electron chi connectivity index (χ3n) is 2.88. The number of nitrogens with one attached hydrogen (secondary N) is 1. The molecule has 0 heterocycles. The first-order valence-corrected chi connectivity index (χ1v) is 9.43. The molecule has 0 atom stereocenters. The van der Waals surface area contributed by atoms with Crippen LogP contribution in [0.2, 0.25) is 0 Å². The summed E-state index contributed by atoms with van der Waals surface area (Å²) in [6, 6.07) is 0. The largest absolute Gasteiger partial charge is 0.379 e. The van der Waals surface area contributed by atoms with Crippen LogP contribution in [0, 0.1) is 5.92 Å². The first-order valence-electron chi connectivity index (χ1n) is 9.43. The Balaban J connectivity index is -0.000000273. The molecule has 0 aromatic carbocycles. The number of ether oxygens (including phenoxy) is 1. The summed E-state index contributed by atoms with van der Waals surface area (Å²) in [4.78, 5) is 10.6. The Bertz CT molecular complexity index is 209. The fourth-order valence-electron chi connectivity index (χ4n) is 1.27. The van der Waals surface area contributed by atoms with Gasteiger partial charge in [0.05, 0.1) is 6.10 Å². The Kier molecular flexibility index (Phi) is 28.0. The van der Waals surface area contributed by atoms with Crippen LogP contribution in [-0.2, 0) is 9.53 Å². The molecule has 0 saturated carbocycles. The van der Waals surface area contributed by atoms with Crippen LogP contribution in [0.4, 0.5) is 0 Å².